The maximum absolute atomic E-state index is 13.1. The van der Waals surface area contributed by atoms with Gasteiger partial charge in [-0.3, -0.25) is 9.59 Å². The number of ether oxygens (including phenoxy) is 1. The number of allylic oxidation sites excluding steroid dienone is 2. The van der Waals surface area contributed by atoms with Crippen LogP contribution in [0.4, 0.5) is 0 Å². The lowest BCUT2D eigenvalue weighted by Crippen LogP contribution is -2.33. The molecule has 1 aliphatic carbocycles. The van der Waals surface area contributed by atoms with Crippen LogP contribution >= 0.6 is 0 Å². The van der Waals surface area contributed by atoms with E-state index in [2.05, 4.69) is 50.2 Å². The molecule has 2 unspecified atom stereocenters. The average molecular weight is 402 g/mol. The SMILES string of the molecule is CCc1ccc2c(OC(=O)C3CC=CCC3C(=O)O)c3cc(CC)ccc3cc2c1. The molecule has 0 fully saturated rings. The minimum absolute atomic E-state index is 0.352. The molecule has 0 bridgehead atoms. The zero-order chi connectivity index (χ0) is 21.3. The van der Waals surface area contributed by atoms with Crippen LogP contribution in [0.5, 0.6) is 5.75 Å². The van der Waals surface area contributed by atoms with Gasteiger partial charge in [-0.1, -0.05) is 56.3 Å². The lowest BCUT2D eigenvalue weighted by atomic mass is 9.83. The smallest absolute Gasteiger partial charge is 0.315 e. The Kier molecular flexibility index (Phi) is 5.58. The highest BCUT2D eigenvalue weighted by Gasteiger charge is 2.35. The van der Waals surface area contributed by atoms with Gasteiger partial charge in [-0.15, -0.1) is 0 Å². The maximum Gasteiger partial charge on any atom is 0.315 e. The number of aliphatic carboxylic acids is 1. The molecule has 1 aliphatic rings. The van der Waals surface area contributed by atoms with E-state index in [9.17, 15) is 14.7 Å². The Labute approximate surface area is 176 Å². The van der Waals surface area contributed by atoms with E-state index < -0.39 is 23.8 Å². The topological polar surface area (TPSA) is 63.6 Å². The van der Waals surface area contributed by atoms with Crippen molar-refractivity contribution in [2.45, 2.75) is 39.5 Å². The number of benzene rings is 3. The van der Waals surface area contributed by atoms with E-state index in [-0.39, 0.29) is 0 Å². The van der Waals surface area contributed by atoms with Crippen LogP contribution in [0.15, 0.2) is 54.6 Å². The standard InChI is InChI=1S/C26H26O4/c1-3-16-10-12-20-19(13-16)15-18-11-9-17(4-2)14-23(18)24(20)30-26(29)22-8-6-5-7-21(22)25(27)28/h5-6,9-15,21-22H,3-4,7-8H2,1-2H3,(H,27,28). The predicted octanol–water partition coefficient (Wildman–Crippen LogP) is 5.69. The Morgan fingerprint density at radius 2 is 1.53 bits per heavy atom. The number of carboxylic acids is 1. The van der Waals surface area contributed by atoms with Gasteiger partial charge in [-0.05, 0) is 59.7 Å². The molecule has 30 heavy (non-hydrogen) atoms. The number of hydrogen-bond acceptors (Lipinski definition) is 3. The number of rotatable bonds is 5. The molecule has 0 radical (unpaired) electrons. The van der Waals surface area contributed by atoms with Gasteiger partial charge in [0.25, 0.3) is 0 Å². The molecule has 3 aromatic rings. The van der Waals surface area contributed by atoms with E-state index in [4.69, 9.17) is 4.74 Å². The zero-order valence-electron chi connectivity index (χ0n) is 17.4. The van der Waals surface area contributed by atoms with Crippen LogP contribution in [0.25, 0.3) is 21.5 Å². The summed E-state index contributed by atoms with van der Waals surface area (Å²) in [6, 6.07) is 14.5. The minimum Gasteiger partial charge on any atom is -0.481 e. The van der Waals surface area contributed by atoms with Gasteiger partial charge in [-0.2, -0.15) is 0 Å². The van der Waals surface area contributed by atoms with Crippen LogP contribution in [0.3, 0.4) is 0 Å². The number of hydrogen-bond donors (Lipinski definition) is 1. The van der Waals surface area contributed by atoms with Gasteiger partial charge in [0.05, 0.1) is 11.8 Å². The van der Waals surface area contributed by atoms with Crippen molar-refractivity contribution in [1.29, 1.82) is 0 Å². The number of fused-ring (bicyclic) bond motifs is 2. The summed E-state index contributed by atoms with van der Waals surface area (Å²) in [4.78, 5) is 24.8. The molecular formula is C26H26O4. The van der Waals surface area contributed by atoms with Crippen LogP contribution in [0.1, 0.15) is 37.8 Å². The molecule has 0 saturated carbocycles. The molecule has 3 aromatic carbocycles. The number of carboxylic acid groups (broad SMARTS) is 1. The summed E-state index contributed by atoms with van der Waals surface area (Å²) in [6.07, 6.45) is 6.24. The van der Waals surface area contributed by atoms with Crippen LogP contribution in [0, 0.1) is 11.8 Å². The third-order valence-electron chi connectivity index (χ3n) is 6.11. The number of esters is 1. The van der Waals surface area contributed by atoms with Crippen LogP contribution < -0.4 is 4.74 Å². The molecular weight excluding hydrogens is 376 g/mol. The first-order chi connectivity index (χ1) is 14.5. The molecule has 0 spiro atoms. The van der Waals surface area contributed by atoms with Gasteiger partial charge in [0, 0.05) is 10.8 Å². The highest BCUT2D eigenvalue weighted by Crippen LogP contribution is 2.38. The zero-order valence-corrected chi connectivity index (χ0v) is 17.4. The summed E-state index contributed by atoms with van der Waals surface area (Å²) < 4.78 is 6.00. The van der Waals surface area contributed by atoms with Crippen molar-refractivity contribution in [3.05, 3.63) is 65.7 Å². The predicted molar refractivity (Wildman–Crippen MR) is 119 cm³/mol. The van der Waals surface area contributed by atoms with Gasteiger partial charge in [0.1, 0.15) is 5.75 Å². The first-order valence-corrected chi connectivity index (χ1v) is 10.6. The maximum atomic E-state index is 13.1. The summed E-state index contributed by atoms with van der Waals surface area (Å²) in [5.74, 6) is -2.32. The lowest BCUT2D eigenvalue weighted by Gasteiger charge is -2.24. The summed E-state index contributed by atoms with van der Waals surface area (Å²) >= 11 is 0. The quantitative estimate of drug-likeness (QED) is 0.258. The Morgan fingerprint density at radius 3 is 2.23 bits per heavy atom. The summed E-state index contributed by atoms with van der Waals surface area (Å²) in [5, 5.41) is 13.3. The molecule has 2 atom stereocenters. The van der Waals surface area contributed by atoms with Crippen molar-refractivity contribution in [2.24, 2.45) is 11.8 Å². The molecule has 0 amide bonds. The Balaban J connectivity index is 1.85. The summed E-state index contributed by atoms with van der Waals surface area (Å²) in [5.41, 5.74) is 2.38. The van der Waals surface area contributed by atoms with Crippen LogP contribution in [0.2, 0.25) is 0 Å². The molecule has 154 valence electrons. The second-order valence-electron chi connectivity index (χ2n) is 7.94. The highest BCUT2D eigenvalue weighted by molar-refractivity contribution is 6.07. The first kappa shape index (κ1) is 20.1. The van der Waals surface area contributed by atoms with Crippen molar-refractivity contribution < 1.29 is 19.4 Å². The lowest BCUT2D eigenvalue weighted by molar-refractivity contribution is -0.152. The monoisotopic (exact) mass is 402 g/mol. The fourth-order valence-electron chi connectivity index (χ4n) is 4.25. The number of carbonyl (C=O) groups is 2. The van der Waals surface area contributed by atoms with E-state index in [1.54, 1.807) is 0 Å². The third kappa shape index (κ3) is 3.70. The largest absolute Gasteiger partial charge is 0.481 e. The van der Waals surface area contributed by atoms with Gasteiger partial charge < -0.3 is 9.84 Å². The van der Waals surface area contributed by atoms with Gasteiger partial charge in [0.2, 0.25) is 0 Å². The second kappa shape index (κ2) is 8.31. The summed E-state index contributed by atoms with van der Waals surface area (Å²) in [6.45, 7) is 4.20. The summed E-state index contributed by atoms with van der Waals surface area (Å²) in [7, 11) is 0. The molecule has 0 heterocycles. The Hall–Kier alpha value is -3.14. The highest BCUT2D eigenvalue weighted by atomic mass is 16.5. The van der Waals surface area contributed by atoms with E-state index >= 15 is 0 Å². The molecule has 4 rings (SSSR count). The van der Waals surface area contributed by atoms with E-state index in [1.807, 2.05) is 18.2 Å². The van der Waals surface area contributed by atoms with E-state index in [0.717, 1.165) is 39.9 Å². The molecule has 4 nitrogen and oxygen atoms in total. The van der Waals surface area contributed by atoms with Crippen molar-refractivity contribution in [3.8, 4) is 5.75 Å². The Bertz CT molecular complexity index is 1160. The fourth-order valence-corrected chi connectivity index (χ4v) is 4.25. The van der Waals surface area contributed by atoms with Crippen molar-refractivity contribution >= 4 is 33.5 Å². The molecule has 0 aliphatic heterocycles. The molecule has 1 N–H and O–H groups in total. The van der Waals surface area contributed by atoms with Crippen LogP contribution in [-0.4, -0.2) is 17.0 Å². The number of carbonyl (C=O) groups excluding carboxylic acids is 1. The molecule has 4 heteroatoms. The average Bonchev–Trinajstić information content (AvgIpc) is 2.78. The second-order valence-corrected chi connectivity index (χ2v) is 7.94. The first-order valence-electron chi connectivity index (χ1n) is 10.6. The van der Waals surface area contributed by atoms with Crippen molar-refractivity contribution in [2.75, 3.05) is 0 Å². The Morgan fingerprint density at radius 1 is 0.867 bits per heavy atom. The third-order valence-corrected chi connectivity index (χ3v) is 6.11. The van der Waals surface area contributed by atoms with Gasteiger partial charge in [-0.25, -0.2) is 0 Å². The van der Waals surface area contributed by atoms with Crippen molar-refractivity contribution in [3.63, 3.8) is 0 Å². The normalized spacial score (nSPS) is 18.6. The number of aryl methyl sites for hydroxylation is 2. The van der Waals surface area contributed by atoms with E-state index in [1.165, 1.54) is 5.56 Å². The molecule has 0 saturated heterocycles. The van der Waals surface area contributed by atoms with E-state index in [0.29, 0.717) is 18.6 Å². The van der Waals surface area contributed by atoms with Crippen molar-refractivity contribution in [1.82, 2.24) is 0 Å². The fraction of sp³-hybridized carbons (Fsp3) is 0.308. The van der Waals surface area contributed by atoms with Crippen LogP contribution in [-0.2, 0) is 22.4 Å². The van der Waals surface area contributed by atoms with Gasteiger partial charge in [0.15, 0.2) is 0 Å². The molecule has 0 aromatic heterocycles. The minimum atomic E-state index is -0.954. The van der Waals surface area contributed by atoms with Gasteiger partial charge >= 0.3 is 11.9 Å².